The third kappa shape index (κ3) is 5.03. The van der Waals surface area contributed by atoms with Crippen molar-refractivity contribution in [3.05, 3.63) is 90.0 Å². The molecule has 0 radical (unpaired) electrons. The topological polar surface area (TPSA) is 87.7 Å². The van der Waals surface area contributed by atoms with Crippen molar-refractivity contribution in [3.8, 4) is 5.75 Å². The number of hydrogen-bond donors (Lipinski definition) is 2. The van der Waals surface area contributed by atoms with Crippen LogP contribution in [0.1, 0.15) is 34.8 Å². The van der Waals surface area contributed by atoms with Gasteiger partial charge in [0.2, 0.25) is 5.91 Å². The van der Waals surface area contributed by atoms with Crippen LogP contribution >= 0.6 is 0 Å². The summed E-state index contributed by atoms with van der Waals surface area (Å²) in [4.78, 5) is 39.8. The average molecular weight is 444 g/mol. The molecule has 168 valence electrons. The van der Waals surface area contributed by atoms with E-state index < -0.39 is 11.9 Å². The van der Waals surface area contributed by atoms with Gasteiger partial charge >= 0.3 is 0 Å². The molecule has 1 aliphatic heterocycles. The first kappa shape index (κ1) is 22.1. The average Bonchev–Trinajstić information content (AvgIpc) is 3.28. The van der Waals surface area contributed by atoms with Crippen molar-refractivity contribution in [2.75, 3.05) is 23.9 Å². The van der Waals surface area contributed by atoms with E-state index in [-0.39, 0.29) is 11.8 Å². The molecule has 1 heterocycles. The van der Waals surface area contributed by atoms with Gasteiger partial charge < -0.3 is 20.3 Å². The van der Waals surface area contributed by atoms with E-state index >= 15 is 0 Å². The number of anilines is 2. The van der Waals surface area contributed by atoms with Gasteiger partial charge in [0.1, 0.15) is 11.8 Å². The summed E-state index contributed by atoms with van der Waals surface area (Å²) in [6.07, 6.45) is 1.32. The van der Waals surface area contributed by atoms with Crippen LogP contribution in [-0.2, 0) is 9.59 Å². The number of methoxy groups -OCH3 is 1. The lowest BCUT2D eigenvalue weighted by Gasteiger charge is -2.21. The maximum atomic E-state index is 13.2. The van der Waals surface area contributed by atoms with Gasteiger partial charge in [-0.1, -0.05) is 48.5 Å². The molecule has 1 atom stereocenters. The Kier molecular flexibility index (Phi) is 6.69. The van der Waals surface area contributed by atoms with Crippen molar-refractivity contribution >= 4 is 29.1 Å². The molecular formula is C26H25N3O4. The second kappa shape index (κ2) is 9.99. The number of nitrogens with one attached hydrogen (secondary N) is 2. The predicted molar refractivity (Wildman–Crippen MR) is 126 cm³/mol. The van der Waals surface area contributed by atoms with E-state index in [0.717, 1.165) is 6.42 Å². The lowest BCUT2D eigenvalue weighted by Crippen LogP contribution is -2.37. The van der Waals surface area contributed by atoms with Gasteiger partial charge in [0.25, 0.3) is 11.8 Å². The first-order chi connectivity index (χ1) is 16.1. The monoisotopic (exact) mass is 443 g/mol. The summed E-state index contributed by atoms with van der Waals surface area (Å²) in [6, 6.07) is 22.1. The van der Waals surface area contributed by atoms with Crippen LogP contribution in [0.4, 0.5) is 11.4 Å². The zero-order valence-corrected chi connectivity index (χ0v) is 18.3. The van der Waals surface area contributed by atoms with Crippen LogP contribution in [0.3, 0.4) is 0 Å². The Morgan fingerprint density at radius 2 is 1.67 bits per heavy atom. The lowest BCUT2D eigenvalue weighted by molar-refractivity contribution is -0.118. The van der Waals surface area contributed by atoms with Crippen molar-refractivity contribution in [1.29, 1.82) is 0 Å². The smallest absolute Gasteiger partial charge is 0.252 e. The molecule has 7 nitrogen and oxygen atoms in total. The van der Waals surface area contributed by atoms with E-state index in [1.165, 1.54) is 7.11 Å². The zero-order chi connectivity index (χ0) is 23.2. The fourth-order valence-corrected chi connectivity index (χ4v) is 3.85. The van der Waals surface area contributed by atoms with Crippen LogP contribution < -0.4 is 20.3 Å². The minimum absolute atomic E-state index is 0.0536. The molecule has 3 aromatic carbocycles. The highest BCUT2D eigenvalue weighted by Gasteiger charge is 2.26. The number of carbonyl (C=O) groups excluding carboxylic acids is 3. The Balaban J connectivity index is 1.56. The Morgan fingerprint density at radius 1 is 0.970 bits per heavy atom. The van der Waals surface area contributed by atoms with Gasteiger partial charge in [0.05, 0.1) is 12.8 Å². The Morgan fingerprint density at radius 3 is 2.30 bits per heavy atom. The molecule has 33 heavy (non-hydrogen) atoms. The summed E-state index contributed by atoms with van der Waals surface area (Å²) in [5, 5.41) is 5.69. The number of carbonyl (C=O) groups is 3. The molecule has 1 unspecified atom stereocenters. The molecule has 0 aromatic heterocycles. The van der Waals surface area contributed by atoms with E-state index in [1.807, 2.05) is 24.3 Å². The highest BCUT2D eigenvalue weighted by Crippen LogP contribution is 2.34. The summed E-state index contributed by atoms with van der Waals surface area (Å²) in [7, 11) is 1.53. The molecule has 3 aromatic rings. The van der Waals surface area contributed by atoms with Crippen molar-refractivity contribution in [2.24, 2.45) is 0 Å². The number of amides is 3. The lowest BCUT2D eigenvalue weighted by atomic mass is 10.0. The summed E-state index contributed by atoms with van der Waals surface area (Å²) < 4.78 is 5.48. The summed E-state index contributed by atoms with van der Waals surface area (Å²) in [5.41, 5.74) is 2.30. The quantitative estimate of drug-likeness (QED) is 0.579. The molecule has 1 fully saturated rings. The molecule has 2 N–H and O–H groups in total. The Labute approximate surface area is 192 Å². The second-order valence-corrected chi connectivity index (χ2v) is 7.71. The number of nitrogens with zero attached hydrogens (tertiary/aromatic N) is 1. The van der Waals surface area contributed by atoms with Crippen molar-refractivity contribution in [2.45, 2.75) is 18.9 Å². The van der Waals surface area contributed by atoms with Gasteiger partial charge in [-0.25, -0.2) is 0 Å². The zero-order valence-electron chi connectivity index (χ0n) is 18.3. The third-order valence-corrected chi connectivity index (χ3v) is 5.52. The van der Waals surface area contributed by atoms with Crippen molar-refractivity contribution in [3.63, 3.8) is 0 Å². The highest BCUT2D eigenvalue weighted by atomic mass is 16.5. The maximum Gasteiger partial charge on any atom is 0.252 e. The van der Waals surface area contributed by atoms with Crippen LogP contribution in [0.15, 0.2) is 78.9 Å². The van der Waals surface area contributed by atoms with E-state index in [9.17, 15) is 14.4 Å². The minimum Gasteiger partial charge on any atom is -0.494 e. The standard InChI is InChI=1S/C26H25N3O4/c1-33-22-17-20(14-15-21(22)29-16-8-13-23(29)30)27-26(32)24(18-9-4-2-5-10-18)28-25(31)19-11-6-3-7-12-19/h2-7,9-12,14-15,17,24H,8,13,16H2,1H3,(H,27,32)(H,28,31). The first-order valence-electron chi connectivity index (χ1n) is 10.8. The van der Waals surface area contributed by atoms with Gasteiger partial charge in [-0.05, 0) is 36.2 Å². The number of benzene rings is 3. The van der Waals surface area contributed by atoms with Crippen LogP contribution in [0.2, 0.25) is 0 Å². The largest absolute Gasteiger partial charge is 0.494 e. The van der Waals surface area contributed by atoms with Gasteiger partial charge in [-0.2, -0.15) is 0 Å². The normalized spacial score (nSPS) is 14.0. The van der Waals surface area contributed by atoms with Gasteiger partial charge in [0.15, 0.2) is 0 Å². The minimum atomic E-state index is -0.898. The molecule has 1 saturated heterocycles. The van der Waals surface area contributed by atoms with E-state index in [0.29, 0.717) is 41.2 Å². The molecule has 0 spiro atoms. The van der Waals surface area contributed by atoms with Gasteiger partial charge in [-0.15, -0.1) is 0 Å². The van der Waals surface area contributed by atoms with Crippen LogP contribution in [0.5, 0.6) is 5.75 Å². The molecule has 4 rings (SSSR count). The maximum absolute atomic E-state index is 13.2. The first-order valence-corrected chi connectivity index (χ1v) is 10.8. The fraction of sp³-hybridized carbons (Fsp3) is 0.192. The van der Waals surface area contributed by atoms with E-state index in [1.54, 1.807) is 59.5 Å². The molecule has 7 heteroatoms. The molecule has 0 bridgehead atoms. The summed E-state index contributed by atoms with van der Waals surface area (Å²) in [5.74, 6) is -0.192. The Bertz CT molecular complexity index is 1150. The van der Waals surface area contributed by atoms with Gasteiger partial charge in [-0.3, -0.25) is 14.4 Å². The molecule has 3 amide bonds. The Hall–Kier alpha value is -4.13. The number of rotatable bonds is 7. The number of ether oxygens (including phenoxy) is 1. The summed E-state index contributed by atoms with van der Waals surface area (Å²) in [6.45, 7) is 0.641. The molecule has 0 aliphatic carbocycles. The molecule has 0 saturated carbocycles. The molecule has 1 aliphatic rings. The highest BCUT2D eigenvalue weighted by molar-refractivity contribution is 6.02. The van der Waals surface area contributed by atoms with E-state index in [2.05, 4.69) is 10.6 Å². The predicted octanol–water partition coefficient (Wildman–Crippen LogP) is 3.93. The van der Waals surface area contributed by atoms with Crippen LogP contribution in [0, 0.1) is 0 Å². The van der Waals surface area contributed by atoms with Gasteiger partial charge in [0, 0.05) is 30.3 Å². The van der Waals surface area contributed by atoms with Crippen LogP contribution in [0.25, 0.3) is 0 Å². The fourth-order valence-electron chi connectivity index (χ4n) is 3.85. The summed E-state index contributed by atoms with van der Waals surface area (Å²) >= 11 is 0. The third-order valence-electron chi connectivity index (χ3n) is 5.52. The second-order valence-electron chi connectivity index (χ2n) is 7.71. The SMILES string of the molecule is COc1cc(NC(=O)C(NC(=O)c2ccccc2)c2ccccc2)ccc1N1CCCC1=O. The van der Waals surface area contributed by atoms with E-state index in [4.69, 9.17) is 4.74 Å². The number of hydrogen-bond acceptors (Lipinski definition) is 4. The van der Waals surface area contributed by atoms with Crippen LogP contribution in [-0.4, -0.2) is 31.4 Å². The van der Waals surface area contributed by atoms with Crippen molar-refractivity contribution in [1.82, 2.24) is 5.32 Å². The molecular weight excluding hydrogens is 418 g/mol. The van der Waals surface area contributed by atoms with Crippen molar-refractivity contribution < 1.29 is 19.1 Å².